The normalized spacial score (nSPS) is 10.1. The Balaban J connectivity index is 1.97. The lowest BCUT2D eigenvalue weighted by molar-refractivity contribution is -0.385. The molecule has 0 atom stereocenters. The quantitative estimate of drug-likeness (QED) is 0.504. The van der Waals surface area contributed by atoms with Crippen molar-refractivity contribution in [3.63, 3.8) is 0 Å². The van der Waals surface area contributed by atoms with Crippen molar-refractivity contribution in [2.24, 2.45) is 0 Å². The van der Waals surface area contributed by atoms with Gasteiger partial charge in [0.15, 0.2) is 0 Å². The summed E-state index contributed by atoms with van der Waals surface area (Å²) in [6.45, 7) is 3.74. The van der Waals surface area contributed by atoms with Gasteiger partial charge in [-0.15, -0.1) is 11.3 Å². The number of nitro groups is 1. The SMILES string of the molecule is Cc1sc(NC(=O)CSc2ccc([N+](=O)[O-])cn2)c(C#N)c1C. The monoisotopic (exact) mass is 348 g/mol. The number of carbonyl (C=O) groups excluding carboxylic acids is 1. The summed E-state index contributed by atoms with van der Waals surface area (Å²) in [5.41, 5.74) is 1.26. The van der Waals surface area contributed by atoms with Crippen molar-refractivity contribution in [1.82, 2.24) is 4.98 Å². The Morgan fingerprint density at radius 3 is 2.83 bits per heavy atom. The maximum atomic E-state index is 12.0. The Morgan fingerprint density at radius 1 is 1.52 bits per heavy atom. The summed E-state index contributed by atoms with van der Waals surface area (Å²) in [6.07, 6.45) is 1.15. The molecule has 2 heterocycles. The molecule has 7 nitrogen and oxygen atoms in total. The first-order chi connectivity index (χ1) is 10.9. The van der Waals surface area contributed by atoms with Gasteiger partial charge in [-0.2, -0.15) is 5.26 Å². The zero-order valence-electron chi connectivity index (χ0n) is 12.3. The van der Waals surface area contributed by atoms with E-state index in [9.17, 15) is 14.9 Å². The number of thiophene rings is 1. The molecule has 0 unspecified atom stereocenters. The summed E-state index contributed by atoms with van der Waals surface area (Å²) in [5.74, 6) is -0.154. The predicted molar refractivity (Wildman–Crippen MR) is 88.8 cm³/mol. The Hall–Kier alpha value is -2.44. The van der Waals surface area contributed by atoms with Crippen LogP contribution in [0.2, 0.25) is 0 Å². The van der Waals surface area contributed by atoms with E-state index in [4.69, 9.17) is 5.26 Å². The van der Waals surface area contributed by atoms with Gasteiger partial charge in [-0.05, 0) is 25.5 Å². The van der Waals surface area contributed by atoms with E-state index >= 15 is 0 Å². The molecule has 0 aliphatic carbocycles. The van der Waals surface area contributed by atoms with Crippen molar-refractivity contribution >= 4 is 39.7 Å². The smallest absolute Gasteiger partial charge is 0.287 e. The third kappa shape index (κ3) is 4.06. The van der Waals surface area contributed by atoms with Gasteiger partial charge in [0.1, 0.15) is 17.3 Å². The Labute approximate surface area is 140 Å². The maximum absolute atomic E-state index is 12.0. The van der Waals surface area contributed by atoms with Gasteiger partial charge in [0, 0.05) is 10.9 Å². The van der Waals surface area contributed by atoms with Crippen LogP contribution in [0, 0.1) is 35.3 Å². The lowest BCUT2D eigenvalue weighted by Crippen LogP contribution is -2.14. The van der Waals surface area contributed by atoms with Crippen molar-refractivity contribution in [2.45, 2.75) is 18.9 Å². The number of thioether (sulfide) groups is 1. The van der Waals surface area contributed by atoms with Gasteiger partial charge in [-0.25, -0.2) is 4.98 Å². The number of hydrogen-bond donors (Lipinski definition) is 1. The van der Waals surface area contributed by atoms with Crippen molar-refractivity contribution in [3.05, 3.63) is 44.4 Å². The molecule has 2 rings (SSSR count). The first kappa shape index (κ1) is 16.9. The van der Waals surface area contributed by atoms with Crippen LogP contribution in [-0.2, 0) is 4.79 Å². The molecule has 0 bridgehead atoms. The number of rotatable bonds is 5. The Bertz CT molecular complexity index is 794. The van der Waals surface area contributed by atoms with Crippen LogP contribution in [0.4, 0.5) is 10.7 Å². The zero-order chi connectivity index (χ0) is 17.0. The van der Waals surface area contributed by atoms with Crippen LogP contribution in [0.5, 0.6) is 0 Å². The average molecular weight is 348 g/mol. The second kappa shape index (κ2) is 7.21. The standard InChI is InChI=1S/C14H12N4O3S2/c1-8-9(2)23-14(11(8)5-15)17-12(19)7-22-13-4-3-10(6-16-13)18(20)21/h3-4,6H,7H2,1-2H3,(H,17,19). The number of aryl methyl sites for hydroxylation is 1. The summed E-state index contributed by atoms with van der Waals surface area (Å²) in [4.78, 5) is 26.9. The van der Waals surface area contributed by atoms with Crippen LogP contribution in [0.3, 0.4) is 0 Å². The third-order valence-corrected chi connectivity index (χ3v) is 5.10. The lowest BCUT2D eigenvalue weighted by Gasteiger charge is -2.03. The van der Waals surface area contributed by atoms with Gasteiger partial charge in [0.2, 0.25) is 5.91 Å². The number of pyridine rings is 1. The molecule has 0 fully saturated rings. The topological polar surface area (TPSA) is 109 Å². The molecule has 0 saturated heterocycles. The number of nitrogens with zero attached hydrogens (tertiary/aromatic N) is 3. The van der Waals surface area contributed by atoms with Gasteiger partial charge in [-0.1, -0.05) is 11.8 Å². The lowest BCUT2D eigenvalue weighted by atomic mass is 10.2. The molecule has 0 aliphatic heterocycles. The van der Waals surface area contributed by atoms with E-state index in [-0.39, 0.29) is 17.3 Å². The largest absolute Gasteiger partial charge is 0.316 e. The van der Waals surface area contributed by atoms with Gasteiger partial charge in [0.25, 0.3) is 5.69 Å². The molecule has 0 saturated carbocycles. The molecule has 0 aromatic carbocycles. The van der Waals surface area contributed by atoms with Crippen LogP contribution in [0.25, 0.3) is 0 Å². The minimum absolute atomic E-state index is 0.0954. The van der Waals surface area contributed by atoms with Crippen LogP contribution in [0.1, 0.15) is 16.0 Å². The van der Waals surface area contributed by atoms with Gasteiger partial charge < -0.3 is 5.32 Å². The van der Waals surface area contributed by atoms with Crippen molar-refractivity contribution in [1.29, 1.82) is 5.26 Å². The maximum Gasteiger partial charge on any atom is 0.287 e. The fraction of sp³-hybridized carbons (Fsp3) is 0.214. The van der Waals surface area contributed by atoms with Crippen LogP contribution in [0.15, 0.2) is 23.4 Å². The first-order valence-electron chi connectivity index (χ1n) is 6.45. The number of anilines is 1. The molecule has 0 spiro atoms. The van der Waals surface area contributed by atoms with E-state index in [2.05, 4.69) is 16.4 Å². The highest BCUT2D eigenvalue weighted by molar-refractivity contribution is 7.99. The second-order valence-electron chi connectivity index (χ2n) is 4.55. The molecular formula is C14H12N4O3S2. The van der Waals surface area contributed by atoms with Gasteiger partial charge in [0.05, 0.1) is 21.3 Å². The molecule has 23 heavy (non-hydrogen) atoms. The highest BCUT2D eigenvalue weighted by Crippen LogP contribution is 2.31. The van der Waals surface area contributed by atoms with Crippen molar-refractivity contribution in [2.75, 3.05) is 11.1 Å². The molecule has 2 aromatic rings. The molecule has 0 radical (unpaired) electrons. The number of amides is 1. The van der Waals surface area contributed by atoms with E-state index in [1.54, 1.807) is 0 Å². The molecule has 118 valence electrons. The molecule has 0 aliphatic rings. The average Bonchev–Trinajstić information content (AvgIpc) is 2.79. The molecule has 2 aromatic heterocycles. The third-order valence-electron chi connectivity index (χ3n) is 3.03. The van der Waals surface area contributed by atoms with Crippen LogP contribution in [-0.4, -0.2) is 21.6 Å². The summed E-state index contributed by atoms with van der Waals surface area (Å²) < 4.78 is 0. The predicted octanol–water partition coefficient (Wildman–Crippen LogP) is 3.27. The fourth-order valence-corrected chi connectivity index (χ4v) is 3.39. The highest BCUT2D eigenvalue weighted by Gasteiger charge is 2.15. The fourth-order valence-electron chi connectivity index (χ4n) is 1.72. The van der Waals surface area contributed by atoms with Gasteiger partial charge in [-0.3, -0.25) is 14.9 Å². The zero-order valence-corrected chi connectivity index (χ0v) is 14.0. The van der Waals surface area contributed by atoms with E-state index in [0.717, 1.165) is 16.6 Å². The van der Waals surface area contributed by atoms with E-state index in [1.807, 2.05) is 13.8 Å². The van der Waals surface area contributed by atoms with Crippen LogP contribution < -0.4 is 5.32 Å². The number of aromatic nitrogens is 1. The Morgan fingerprint density at radius 2 is 2.26 bits per heavy atom. The molecule has 1 amide bonds. The first-order valence-corrected chi connectivity index (χ1v) is 8.25. The van der Waals surface area contributed by atoms with Crippen molar-refractivity contribution in [3.8, 4) is 6.07 Å². The van der Waals surface area contributed by atoms with E-state index in [1.165, 1.54) is 35.2 Å². The summed E-state index contributed by atoms with van der Waals surface area (Å²) in [5, 5.41) is 23.5. The summed E-state index contributed by atoms with van der Waals surface area (Å²) >= 11 is 2.54. The van der Waals surface area contributed by atoms with Crippen LogP contribution >= 0.6 is 23.1 Å². The number of carbonyl (C=O) groups is 1. The highest BCUT2D eigenvalue weighted by atomic mass is 32.2. The number of nitrogens with one attached hydrogen (secondary N) is 1. The molecular weight excluding hydrogens is 336 g/mol. The second-order valence-corrected chi connectivity index (χ2v) is 6.77. The van der Waals surface area contributed by atoms with E-state index < -0.39 is 4.92 Å². The van der Waals surface area contributed by atoms with Crippen molar-refractivity contribution < 1.29 is 9.72 Å². The minimum Gasteiger partial charge on any atom is -0.316 e. The summed E-state index contributed by atoms with van der Waals surface area (Å²) in [7, 11) is 0. The Kier molecular flexibility index (Phi) is 5.31. The number of hydrogen-bond acceptors (Lipinski definition) is 7. The van der Waals surface area contributed by atoms with E-state index in [0.29, 0.717) is 15.6 Å². The molecule has 1 N–H and O–H groups in total. The minimum atomic E-state index is -0.529. The molecule has 9 heteroatoms. The number of nitriles is 1. The summed E-state index contributed by atoms with van der Waals surface area (Å²) in [6, 6.07) is 4.93. The van der Waals surface area contributed by atoms with Gasteiger partial charge >= 0.3 is 0 Å².